The Morgan fingerprint density at radius 3 is 2.88 bits per heavy atom. The number of amides is 1. The summed E-state index contributed by atoms with van der Waals surface area (Å²) in [4.78, 5) is 14.6. The number of likely N-dealkylation sites (tertiary alicyclic amines) is 1. The summed E-state index contributed by atoms with van der Waals surface area (Å²) < 4.78 is 1.69. The summed E-state index contributed by atoms with van der Waals surface area (Å²) in [5, 5.41) is 8.93. The van der Waals surface area contributed by atoms with Crippen molar-refractivity contribution in [2.24, 2.45) is 11.7 Å². The molecule has 2 aromatic rings. The van der Waals surface area contributed by atoms with Gasteiger partial charge < -0.3 is 10.6 Å². The largest absolute Gasteiger partial charge is 0.337 e. The van der Waals surface area contributed by atoms with E-state index in [9.17, 15) is 4.79 Å². The van der Waals surface area contributed by atoms with E-state index in [1.54, 1.807) is 10.7 Å². The normalized spacial score (nSPS) is 17.0. The maximum Gasteiger partial charge on any atom is 0.276 e. The molecule has 130 valence electrons. The zero-order valence-electron chi connectivity index (χ0n) is 13.5. The van der Waals surface area contributed by atoms with E-state index in [-0.39, 0.29) is 18.3 Å². The van der Waals surface area contributed by atoms with Gasteiger partial charge in [-0.2, -0.15) is 0 Å². The Hall–Kier alpha value is -1.63. The Bertz CT molecular complexity index is 718. The van der Waals surface area contributed by atoms with E-state index >= 15 is 0 Å². The van der Waals surface area contributed by atoms with Crippen molar-refractivity contribution in [1.82, 2.24) is 19.9 Å². The molecule has 1 aliphatic rings. The van der Waals surface area contributed by atoms with Crippen LogP contribution in [0.5, 0.6) is 0 Å². The van der Waals surface area contributed by atoms with Gasteiger partial charge in [0.15, 0.2) is 5.69 Å². The molecule has 2 heterocycles. The van der Waals surface area contributed by atoms with Crippen LogP contribution in [0, 0.1) is 5.92 Å². The van der Waals surface area contributed by atoms with Crippen molar-refractivity contribution in [2.45, 2.75) is 19.8 Å². The van der Waals surface area contributed by atoms with Crippen molar-refractivity contribution in [3.8, 4) is 5.69 Å². The second kappa shape index (κ2) is 7.96. The summed E-state index contributed by atoms with van der Waals surface area (Å²) in [5.41, 5.74) is 7.73. The first-order valence-electron chi connectivity index (χ1n) is 7.84. The fourth-order valence-electron chi connectivity index (χ4n) is 2.96. The highest BCUT2D eigenvalue weighted by Crippen LogP contribution is 2.21. The van der Waals surface area contributed by atoms with Gasteiger partial charge in [0.2, 0.25) is 0 Å². The Labute approximate surface area is 152 Å². The zero-order valence-corrected chi connectivity index (χ0v) is 15.1. The summed E-state index contributed by atoms with van der Waals surface area (Å²) in [6, 6.07) is 7.36. The molecule has 1 aliphatic heterocycles. The number of aromatic nitrogens is 3. The zero-order chi connectivity index (χ0) is 16.4. The number of halogens is 2. The molecule has 0 aliphatic carbocycles. The van der Waals surface area contributed by atoms with Crippen LogP contribution >= 0.6 is 24.0 Å². The maximum absolute atomic E-state index is 12.7. The minimum absolute atomic E-state index is 0. The molecule has 2 N–H and O–H groups in total. The summed E-state index contributed by atoms with van der Waals surface area (Å²) >= 11 is 6.05. The number of rotatable bonds is 4. The molecular formula is C16H21Cl2N5O. The highest BCUT2D eigenvalue weighted by atomic mass is 35.5. The minimum Gasteiger partial charge on any atom is -0.337 e. The Kier molecular flexibility index (Phi) is 6.21. The molecule has 1 aromatic carbocycles. The van der Waals surface area contributed by atoms with E-state index in [0.29, 0.717) is 36.1 Å². The third kappa shape index (κ3) is 3.55. The lowest BCUT2D eigenvalue weighted by molar-refractivity contribution is 0.0780. The molecule has 0 saturated carbocycles. The van der Waals surface area contributed by atoms with Crippen molar-refractivity contribution >= 4 is 29.9 Å². The van der Waals surface area contributed by atoms with Gasteiger partial charge in [-0.1, -0.05) is 29.8 Å². The van der Waals surface area contributed by atoms with Gasteiger partial charge in [0, 0.05) is 18.1 Å². The van der Waals surface area contributed by atoms with Crippen molar-refractivity contribution in [2.75, 3.05) is 19.6 Å². The van der Waals surface area contributed by atoms with Gasteiger partial charge in [-0.25, -0.2) is 4.68 Å². The number of carbonyl (C=O) groups is 1. The molecular weight excluding hydrogens is 349 g/mol. The first-order valence-corrected chi connectivity index (χ1v) is 8.21. The maximum atomic E-state index is 12.7. The molecule has 1 saturated heterocycles. The smallest absolute Gasteiger partial charge is 0.276 e. The minimum atomic E-state index is -0.0638. The van der Waals surface area contributed by atoms with Crippen molar-refractivity contribution in [3.63, 3.8) is 0 Å². The van der Waals surface area contributed by atoms with Crippen LogP contribution in [0.4, 0.5) is 0 Å². The third-order valence-electron chi connectivity index (χ3n) is 4.26. The van der Waals surface area contributed by atoms with Crippen LogP contribution in [0.1, 0.15) is 29.5 Å². The monoisotopic (exact) mass is 369 g/mol. The van der Waals surface area contributed by atoms with E-state index in [2.05, 4.69) is 10.3 Å². The number of hydrogen-bond acceptors (Lipinski definition) is 4. The molecule has 3 rings (SSSR count). The predicted octanol–water partition coefficient (Wildman–Crippen LogP) is 2.33. The fraction of sp³-hybridized carbons (Fsp3) is 0.438. The van der Waals surface area contributed by atoms with Crippen LogP contribution in [0.3, 0.4) is 0 Å². The van der Waals surface area contributed by atoms with E-state index in [1.165, 1.54) is 0 Å². The van der Waals surface area contributed by atoms with Crippen molar-refractivity contribution < 1.29 is 4.79 Å². The standard InChI is InChI=1S/C16H20ClN5O.ClH/c1-2-14-15(16(23)21-7-6-11(9-18)10-21)19-20-22(14)13-5-3-4-12(17)8-13;/h3-5,8,11H,2,6-7,9-10,18H2,1H3;1H. The van der Waals surface area contributed by atoms with E-state index in [0.717, 1.165) is 24.3 Å². The topological polar surface area (TPSA) is 77.0 Å². The van der Waals surface area contributed by atoms with E-state index < -0.39 is 0 Å². The quantitative estimate of drug-likeness (QED) is 0.896. The van der Waals surface area contributed by atoms with Gasteiger partial charge in [0.05, 0.1) is 11.4 Å². The highest BCUT2D eigenvalue weighted by molar-refractivity contribution is 6.30. The van der Waals surface area contributed by atoms with Crippen LogP contribution in [0.2, 0.25) is 5.02 Å². The lowest BCUT2D eigenvalue weighted by Gasteiger charge is -2.15. The number of nitrogens with zero attached hydrogens (tertiary/aromatic N) is 4. The molecule has 0 spiro atoms. The number of benzene rings is 1. The third-order valence-corrected chi connectivity index (χ3v) is 4.49. The SMILES string of the molecule is CCc1c(C(=O)N2CCC(CN)C2)nnn1-c1cccc(Cl)c1.Cl. The van der Waals surface area contributed by atoms with Crippen molar-refractivity contribution in [3.05, 3.63) is 40.7 Å². The van der Waals surface area contributed by atoms with Gasteiger partial charge in [0.1, 0.15) is 0 Å². The molecule has 8 heteroatoms. The Balaban J connectivity index is 0.00000208. The first kappa shape index (κ1) is 18.7. The molecule has 1 amide bonds. The molecule has 1 aromatic heterocycles. The molecule has 0 radical (unpaired) electrons. The lowest BCUT2D eigenvalue weighted by Crippen LogP contribution is -2.31. The van der Waals surface area contributed by atoms with Gasteiger partial charge in [0.25, 0.3) is 5.91 Å². The van der Waals surface area contributed by atoms with E-state index in [1.807, 2.05) is 30.0 Å². The summed E-state index contributed by atoms with van der Waals surface area (Å²) in [6.07, 6.45) is 1.61. The second-order valence-electron chi connectivity index (χ2n) is 5.77. The number of nitrogens with two attached hydrogens (primary N) is 1. The van der Waals surface area contributed by atoms with Crippen LogP contribution in [-0.4, -0.2) is 45.4 Å². The molecule has 1 unspecified atom stereocenters. The van der Waals surface area contributed by atoms with Crippen LogP contribution in [-0.2, 0) is 6.42 Å². The number of hydrogen-bond donors (Lipinski definition) is 1. The Morgan fingerprint density at radius 1 is 1.46 bits per heavy atom. The van der Waals surface area contributed by atoms with Crippen LogP contribution < -0.4 is 5.73 Å². The van der Waals surface area contributed by atoms with Gasteiger partial charge in [-0.3, -0.25) is 4.79 Å². The summed E-state index contributed by atoms with van der Waals surface area (Å²) in [6.45, 7) is 4.03. The lowest BCUT2D eigenvalue weighted by atomic mass is 10.1. The highest BCUT2D eigenvalue weighted by Gasteiger charge is 2.30. The molecule has 0 bridgehead atoms. The van der Waals surface area contributed by atoms with Gasteiger partial charge in [-0.15, -0.1) is 17.5 Å². The average molecular weight is 370 g/mol. The van der Waals surface area contributed by atoms with Gasteiger partial charge in [-0.05, 0) is 43.5 Å². The van der Waals surface area contributed by atoms with Crippen molar-refractivity contribution in [1.29, 1.82) is 0 Å². The predicted molar refractivity (Wildman–Crippen MR) is 96.1 cm³/mol. The fourth-order valence-corrected chi connectivity index (χ4v) is 3.14. The average Bonchev–Trinajstić information content (AvgIpc) is 3.20. The second-order valence-corrected chi connectivity index (χ2v) is 6.21. The van der Waals surface area contributed by atoms with E-state index in [4.69, 9.17) is 17.3 Å². The summed E-state index contributed by atoms with van der Waals surface area (Å²) in [7, 11) is 0. The van der Waals surface area contributed by atoms with Crippen LogP contribution in [0.15, 0.2) is 24.3 Å². The molecule has 6 nitrogen and oxygen atoms in total. The molecule has 24 heavy (non-hydrogen) atoms. The Morgan fingerprint density at radius 2 is 2.25 bits per heavy atom. The van der Waals surface area contributed by atoms with Gasteiger partial charge >= 0.3 is 0 Å². The molecule has 1 atom stereocenters. The summed E-state index contributed by atoms with van der Waals surface area (Å²) in [5.74, 6) is 0.318. The number of carbonyl (C=O) groups excluding carboxylic acids is 1. The molecule has 1 fully saturated rings. The first-order chi connectivity index (χ1) is 11.1. The van der Waals surface area contributed by atoms with Crippen LogP contribution in [0.25, 0.3) is 5.69 Å².